The third-order valence-corrected chi connectivity index (χ3v) is 2.24. The number of rotatable bonds is 2. The average Bonchev–Trinajstić information content (AvgIpc) is 2.63. The second-order valence-corrected chi connectivity index (χ2v) is 3.09. The summed E-state index contributed by atoms with van der Waals surface area (Å²) in [5.74, 6) is 1.01. The van der Waals surface area contributed by atoms with Gasteiger partial charge in [-0.2, -0.15) is 0 Å². The highest BCUT2D eigenvalue weighted by Gasteiger charge is 2.14. The van der Waals surface area contributed by atoms with Crippen LogP contribution in [0.4, 0.5) is 0 Å². The first kappa shape index (κ1) is 8.26. The number of benzene rings is 1. The van der Waals surface area contributed by atoms with E-state index in [-0.39, 0.29) is 5.78 Å². The van der Waals surface area contributed by atoms with Crippen LogP contribution in [-0.4, -0.2) is 18.9 Å². The fraction of sp³-hybridized carbons (Fsp3) is 0.300. The Labute approximate surface area is 76.5 Å². The summed E-state index contributed by atoms with van der Waals surface area (Å²) < 4.78 is 5.34. The largest absolute Gasteiger partial charge is 0.493 e. The fourth-order valence-electron chi connectivity index (χ4n) is 1.50. The summed E-state index contributed by atoms with van der Waals surface area (Å²) in [6, 6.07) is 5.58. The van der Waals surface area contributed by atoms with Crippen molar-refractivity contribution in [1.82, 2.24) is 0 Å². The Hall–Kier alpha value is -1.35. The van der Waals surface area contributed by atoms with Crippen molar-refractivity contribution in [1.29, 1.82) is 0 Å². The zero-order chi connectivity index (χ0) is 9.26. The van der Waals surface area contributed by atoms with Crippen molar-refractivity contribution >= 4 is 5.78 Å². The van der Waals surface area contributed by atoms with E-state index >= 15 is 0 Å². The van der Waals surface area contributed by atoms with Crippen LogP contribution in [0, 0.1) is 0 Å². The molecule has 0 fully saturated rings. The van der Waals surface area contributed by atoms with Crippen molar-refractivity contribution in [2.75, 3.05) is 13.2 Å². The summed E-state index contributed by atoms with van der Waals surface area (Å²) in [5.41, 5.74) is 5.46. The highest BCUT2D eigenvalue weighted by atomic mass is 16.5. The number of fused-ring (bicyclic) bond motifs is 1. The Morgan fingerprint density at radius 1 is 1.54 bits per heavy atom. The lowest BCUT2D eigenvalue weighted by Crippen LogP contribution is -2.54. The number of hydrogen-bond acceptors (Lipinski definition) is 2. The SMILES string of the molecule is [NH3+]CC(=O)c1ccc2c(c1)CCO2. The molecule has 68 valence electrons. The Morgan fingerprint density at radius 3 is 3.15 bits per heavy atom. The smallest absolute Gasteiger partial charge is 0.216 e. The molecular formula is C10H12NO2+. The topological polar surface area (TPSA) is 53.9 Å². The van der Waals surface area contributed by atoms with E-state index in [1.54, 1.807) is 6.07 Å². The number of ketones is 1. The van der Waals surface area contributed by atoms with Gasteiger partial charge in [0.15, 0.2) is 0 Å². The fourth-order valence-corrected chi connectivity index (χ4v) is 1.50. The van der Waals surface area contributed by atoms with Crippen molar-refractivity contribution in [3.63, 3.8) is 0 Å². The van der Waals surface area contributed by atoms with E-state index in [1.807, 2.05) is 12.1 Å². The number of carbonyl (C=O) groups excluding carboxylic acids is 1. The van der Waals surface area contributed by atoms with Gasteiger partial charge in [0.2, 0.25) is 5.78 Å². The number of quaternary nitrogens is 1. The molecule has 0 aromatic heterocycles. The molecule has 3 nitrogen and oxygen atoms in total. The van der Waals surface area contributed by atoms with E-state index in [9.17, 15) is 4.79 Å². The summed E-state index contributed by atoms with van der Waals surface area (Å²) >= 11 is 0. The van der Waals surface area contributed by atoms with Gasteiger partial charge in [-0.05, 0) is 23.8 Å². The molecule has 1 aliphatic heterocycles. The second-order valence-electron chi connectivity index (χ2n) is 3.09. The molecule has 0 aliphatic carbocycles. The van der Waals surface area contributed by atoms with Crippen molar-refractivity contribution in [2.45, 2.75) is 6.42 Å². The molecule has 0 radical (unpaired) electrons. The van der Waals surface area contributed by atoms with Crippen LogP contribution >= 0.6 is 0 Å². The van der Waals surface area contributed by atoms with Gasteiger partial charge >= 0.3 is 0 Å². The van der Waals surface area contributed by atoms with E-state index < -0.39 is 0 Å². The van der Waals surface area contributed by atoms with Crippen LogP contribution in [-0.2, 0) is 6.42 Å². The zero-order valence-corrected chi connectivity index (χ0v) is 7.38. The van der Waals surface area contributed by atoms with Crippen molar-refractivity contribution in [3.8, 4) is 5.75 Å². The molecule has 0 saturated heterocycles. The molecule has 0 unspecified atom stereocenters. The maximum atomic E-state index is 11.3. The second kappa shape index (κ2) is 3.18. The lowest BCUT2D eigenvalue weighted by atomic mass is 10.1. The molecule has 0 atom stereocenters. The third kappa shape index (κ3) is 1.42. The predicted octanol–water partition coefficient (Wildman–Crippen LogP) is 0.0461. The van der Waals surface area contributed by atoms with Crippen molar-refractivity contribution < 1.29 is 15.3 Å². The zero-order valence-electron chi connectivity index (χ0n) is 7.38. The highest BCUT2D eigenvalue weighted by molar-refractivity contribution is 5.97. The first-order valence-electron chi connectivity index (χ1n) is 4.39. The Morgan fingerprint density at radius 2 is 2.38 bits per heavy atom. The maximum Gasteiger partial charge on any atom is 0.216 e. The van der Waals surface area contributed by atoms with Crippen LogP contribution in [0.1, 0.15) is 15.9 Å². The van der Waals surface area contributed by atoms with E-state index in [4.69, 9.17) is 4.74 Å². The summed E-state index contributed by atoms with van der Waals surface area (Å²) in [5, 5.41) is 0. The first-order chi connectivity index (χ1) is 6.31. The molecule has 0 bridgehead atoms. The van der Waals surface area contributed by atoms with E-state index in [1.165, 1.54) is 0 Å². The molecule has 0 amide bonds. The summed E-state index contributed by atoms with van der Waals surface area (Å²) in [6.07, 6.45) is 0.910. The van der Waals surface area contributed by atoms with Crippen molar-refractivity contribution in [2.24, 2.45) is 0 Å². The Balaban J connectivity index is 2.36. The molecule has 1 heterocycles. The van der Waals surface area contributed by atoms with Gasteiger partial charge < -0.3 is 10.5 Å². The number of hydrogen-bond donors (Lipinski definition) is 1. The minimum absolute atomic E-state index is 0.0923. The quantitative estimate of drug-likeness (QED) is 0.650. The molecule has 2 rings (SSSR count). The first-order valence-corrected chi connectivity index (χ1v) is 4.39. The van der Waals surface area contributed by atoms with Crippen LogP contribution in [0.2, 0.25) is 0 Å². The van der Waals surface area contributed by atoms with Gasteiger partial charge in [0, 0.05) is 12.0 Å². The standard InChI is InChI=1S/C10H11NO2/c11-6-9(12)7-1-2-10-8(5-7)3-4-13-10/h1-2,5H,3-4,6,11H2/p+1. The lowest BCUT2D eigenvalue weighted by molar-refractivity contribution is -0.349. The minimum atomic E-state index is 0.0923. The molecule has 0 spiro atoms. The van der Waals surface area contributed by atoms with E-state index in [0.717, 1.165) is 29.9 Å². The third-order valence-electron chi connectivity index (χ3n) is 2.24. The van der Waals surface area contributed by atoms with Crippen LogP contribution in [0.15, 0.2) is 18.2 Å². The summed E-state index contributed by atoms with van der Waals surface area (Å²) in [7, 11) is 0. The predicted molar refractivity (Wildman–Crippen MR) is 47.7 cm³/mol. The molecule has 3 N–H and O–H groups in total. The van der Waals surface area contributed by atoms with Gasteiger partial charge in [-0.25, -0.2) is 0 Å². The van der Waals surface area contributed by atoms with Gasteiger partial charge in [0.25, 0.3) is 0 Å². The van der Waals surface area contributed by atoms with Crippen LogP contribution in [0.3, 0.4) is 0 Å². The highest BCUT2D eigenvalue weighted by Crippen LogP contribution is 2.25. The maximum absolute atomic E-state index is 11.3. The molecule has 1 aromatic rings. The number of ether oxygens (including phenoxy) is 1. The van der Waals surface area contributed by atoms with Crippen molar-refractivity contribution in [3.05, 3.63) is 29.3 Å². The number of carbonyl (C=O) groups is 1. The van der Waals surface area contributed by atoms with Gasteiger partial charge in [0.1, 0.15) is 12.3 Å². The molecule has 1 aliphatic rings. The van der Waals surface area contributed by atoms with Gasteiger partial charge in [-0.3, -0.25) is 4.79 Å². The molecule has 0 saturated carbocycles. The monoisotopic (exact) mass is 178 g/mol. The Kier molecular flexibility index (Phi) is 2.02. The normalized spacial score (nSPS) is 13.6. The number of Topliss-reactive ketones (excluding diaryl/α,β-unsaturated/α-hetero) is 1. The Bertz CT molecular complexity index is 347. The minimum Gasteiger partial charge on any atom is -0.493 e. The summed E-state index contributed by atoms with van der Waals surface area (Å²) in [6.45, 7) is 1.05. The van der Waals surface area contributed by atoms with E-state index in [0.29, 0.717) is 6.54 Å². The van der Waals surface area contributed by atoms with Gasteiger partial charge in [0.05, 0.1) is 6.61 Å². The molecule has 1 aromatic carbocycles. The van der Waals surface area contributed by atoms with Crippen LogP contribution in [0.25, 0.3) is 0 Å². The van der Waals surface area contributed by atoms with Gasteiger partial charge in [-0.1, -0.05) is 0 Å². The lowest BCUT2D eigenvalue weighted by Gasteiger charge is -2.00. The van der Waals surface area contributed by atoms with Crippen LogP contribution in [0.5, 0.6) is 5.75 Å². The average molecular weight is 178 g/mol. The van der Waals surface area contributed by atoms with Gasteiger partial charge in [-0.15, -0.1) is 0 Å². The summed E-state index contributed by atoms with van der Waals surface area (Å²) in [4.78, 5) is 11.3. The molecular weight excluding hydrogens is 166 g/mol. The van der Waals surface area contributed by atoms with E-state index in [2.05, 4.69) is 5.73 Å². The molecule has 3 heteroatoms. The molecule has 13 heavy (non-hydrogen) atoms. The van der Waals surface area contributed by atoms with Crippen LogP contribution < -0.4 is 10.5 Å².